The van der Waals surface area contributed by atoms with Crippen molar-refractivity contribution in [3.8, 4) is 11.4 Å². The molecule has 0 aliphatic heterocycles. The number of hydrogen-bond donors (Lipinski definition) is 2. The molecule has 2 heterocycles. The normalized spacial score (nSPS) is 12.1. The van der Waals surface area contributed by atoms with E-state index in [2.05, 4.69) is 71.6 Å². The molecule has 188 valence electrons. The Balaban J connectivity index is 1.37. The number of hydrogen-bond acceptors (Lipinski definition) is 8. The number of para-hydroxylation sites is 1. The Morgan fingerprint density at radius 3 is 2.43 bits per heavy atom. The molecule has 0 aliphatic rings. The molecular formula is C27H26N6O4. The number of methoxy groups -OCH3 is 2. The van der Waals surface area contributed by atoms with Crippen molar-refractivity contribution in [2.45, 2.75) is 25.6 Å². The monoisotopic (exact) mass is 498 g/mol. The first-order chi connectivity index (χ1) is 18.1. The highest BCUT2D eigenvalue weighted by Crippen LogP contribution is 2.32. The van der Waals surface area contributed by atoms with Gasteiger partial charge in [-0.25, -0.2) is 0 Å². The molecule has 1 unspecified atom stereocenters. The van der Waals surface area contributed by atoms with Gasteiger partial charge in [-0.05, 0) is 40.6 Å². The number of tetrazole rings is 1. The molecule has 1 atom stereocenters. The Kier molecular flexibility index (Phi) is 6.91. The minimum Gasteiger partial charge on any atom is -0.469 e. The molecule has 0 saturated heterocycles. The average molecular weight is 499 g/mol. The van der Waals surface area contributed by atoms with E-state index in [0.717, 1.165) is 38.5 Å². The number of H-pyrrole nitrogens is 1. The number of nitrogens with zero attached hydrogens (tertiary/aromatic N) is 4. The SMILES string of the molecule is COC(=O)CC(NCc1ccc(Cn2c3ccccc3c3cc(-c4nn[nH]n4)ccc32)cc1)C(=O)OC. The van der Waals surface area contributed by atoms with Crippen LogP contribution in [-0.2, 0) is 32.2 Å². The largest absolute Gasteiger partial charge is 0.469 e. The molecule has 0 bridgehead atoms. The minimum atomic E-state index is -0.771. The van der Waals surface area contributed by atoms with Crippen LogP contribution in [0.15, 0.2) is 66.7 Å². The van der Waals surface area contributed by atoms with Gasteiger partial charge in [0.2, 0.25) is 5.82 Å². The van der Waals surface area contributed by atoms with Crippen LogP contribution in [0, 0.1) is 0 Å². The maximum Gasteiger partial charge on any atom is 0.323 e. The van der Waals surface area contributed by atoms with Crippen LogP contribution in [0.5, 0.6) is 0 Å². The molecule has 0 amide bonds. The number of carbonyl (C=O) groups is 2. The number of aromatic amines is 1. The van der Waals surface area contributed by atoms with E-state index in [0.29, 0.717) is 18.9 Å². The Morgan fingerprint density at radius 1 is 0.946 bits per heavy atom. The lowest BCUT2D eigenvalue weighted by Crippen LogP contribution is -2.39. The van der Waals surface area contributed by atoms with Gasteiger partial charge in [-0.15, -0.1) is 10.2 Å². The van der Waals surface area contributed by atoms with Gasteiger partial charge in [0.1, 0.15) is 6.04 Å². The summed E-state index contributed by atoms with van der Waals surface area (Å²) in [4.78, 5) is 23.6. The number of esters is 2. The van der Waals surface area contributed by atoms with Crippen LogP contribution in [-0.4, -0.2) is 57.4 Å². The van der Waals surface area contributed by atoms with Crippen LogP contribution < -0.4 is 5.32 Å². The number of nitrogens with one attached hydrogen (secondary N) is 2. The van der Waals surface area contributed by atoms with E-state index in [1.807, 2.05) is 30.3 Å². The number of carbonyl (C=O) groups excluding carboxylic acids is 2. The van der Waals surface area contributed by atoms with E-state index < -0.39 is 18.0 Å². The lowest BCUT2D eigenvalue weighted by atomic mass is 10.1. The van der Waals surface area contributed by atoms with Crippen molar-refractivity contribution in [2.24, 2.45) is 0 Å². The first-order valence-electron chi connectivity index (χ1n) is 11.8. The topological polar surface area (TPSA) is 124 Å². The van der Waals surface area contributed by atoms with Crippen LogP contribution in [0.25, 0.3) is 33.2 Å². The molecule has 5 rings (SSSR count). The van der Waals surface area contributed by atoms with Crippen molar-refractivity contribution in [1.82, 2.24) is 30.5 Å². The Labute approximate surface area is 212 Å². The van der Waals surface area contributed by atoms with Gasteiger partial charge in [0.25, 0.3) is 0 Å². The summed E-state index contributed by atoms with van der Waals surface area (Å²) >= 11 is 0. The Morgan fingerprint density at radius 2 is 1.70 bits per heavy atom. The van der Waals surface area contributed by atoms with Crippen molar-refractivity contribution in [1.29, 1.82) is 0 Å². The van der Waals surface area contributed by atoms with E-state index in [1.165, 1.54) is 14.2 Å². The third kappa shape index (κ3) is 5.05. The third-order valence-electron chi connectivity index (χ3n) is 6.38. The molecule has 3 aromatic carbocycles. The van der Waals surface area contributed by atoms with Crippen molar-refractivity contribution < 1.29 is 19.1 Å². The summed E-state index contributed by atoms with van der Waals surface area (Å²) in [6, 6.07) is 21.9. The predicted molar refractivity (Wildman–Crippen MR) is 137 cm³/mol. The van der Waals surface area contributed by atoms with Gasteiger partial charge in [-0.1, -0.05) is 42.5 Å². The molecule has 2 aromatic heterocycles. The second-order valence-electron chi connectivity index (χ2n) is 8.62. The van der Waals surface area contributed by atoms with Crippen LogP contribution in [0.2, 0.25) is 0 Å². The zero-order valence-electron chi connectivity index (χ0n) is 20.5. The summed E-state index contributed by atoms with van der Waals surface area (Å²) in [5.74, 6) is -0.423. The van der Waals surface area contributed by atoms with Gasteiger partial charge in [0, 0.05) is 40.5 Å². The number of fused-ring (bicyclic) bond motifs is 3. The highest BCUT2D eigenvalue weighted by atomic mass is 16.5. The van der Waals surface area contributed by atoms with Gasteiger partial charge in [-0.2, -0.15) is 5.21 Å². The van der Waals surface area contributed by atoms with Crippen molar-refractivity contribution in [3.63, 3.8) is 0 Å². The fourth-order valence-corrected chi connectivity index (χ4v) is 4.46. The smallest absolute Gasteiger partial charge is 0.323 e. The van der Waals surface area contributed by atoms with Gasteiger partial charge < -0.3 is 14.0 Å². The average Bonchev–Trinajstić information content (AvgIpc) is 3.58. The van der Waals surface area contributed by atoms with E-state index in [-0.39, 0.29) is 6.42 Å². The lowest BCUT2D eigenvalue weighted by molar-refractivity contribution is -0.149. The molecule has 2 N–H and O–H groups in total. The predicted octanol–water partition coefficient (Wildman–Crippen LogP) is 3.22. The van der Waals surface area contributed by atoms with Crippen LogP contribution in [0.3, 0.4) is 0 Å². The Bertz CT molecular complexity index is 1540. The van der Waals surface area contributed by atoms with Crippen LogP contribution in [0.1, 0.15) is 17.5 Å². The van der Waals surface area contributed by atoms with Crippen molar-refractivity contribution in [3.05, 3.63) is 77.9 Å². The first-order valence-corrected chi connectivity index (χ1v) is 11.8. The molecule has 37 heavy (non-hydrogen) atoms. The standard InChI is InChI=1S/C27H26N6O4/c1-36-25(34)14-22(27(35)37-2)28-15-17-7-9-18(10-8-17)16-33-23-6-4-3-5-20(23)21-13-19(11-12-24(21)33)26-29-31-32-30-26/h3-13,22,28H,14-16H2,1-2H3,(H,29,30,31,32). The van der Waals surface area contributed by atoms with Gasteiger partial charge in [0.15, 0.2) is 0 Å². The third-order valence-corrected chi connectivity index (χ3v) is 6.38. The molecule has 0 radical (unpaired) electrons. The summed E-state index contributed by atoms with van der Waals surface area (Å²) in [5, 5.41) is 19.8. The van der Waals surface area contributed by atoms with Crippen LogP contribution >= 0.6 is 0 Å². The maximum absolute atomic E-state index is 12.0. The number of aromatic nitrogens is 5. The summed E-state index contributed by atoms with van der Waals surface area (Å²) in [5.41, 5.74) is 5.26. The molecular weight excluding hydrogens is 472 g/mol. The van der Waals surface area contributed by atoms with Crippen LogP contribution in [0.4, 0.5) is 0 Å². The van der Waals surface area contributed by atoms with E-state index >= 15 is 0 Å². The minimum absolute atomic E-state index is 0.0938. The Hall–Kier alpha value is -4.57. The van der Waals surface area contributed by atoms with Crippen molar-refractivity contribution in [2.75, 3.05) is 14.2 Å². The highest BCUT2D eigenvalue weighted by molar-refractivity contribution is 6.09. The summed E-state index contributed by atoms with van der Waals surface area (Å²) in [6.07, 6.45) is -0.0938. The summed E-state index contributed by atoms with van der Waals surface area (Å²) in [6.45, 7) is 1.09. The summed E-state index contributed by atoms with van der Waals surface area (Å²) < 4.78 is 11.8. The fraction of sp³-hybridized carbons (Fsp3) is 0.222. The van der Waals surface area contributed by atoms with Gasteiger partial charge in [0.05, 0.1) is 20.6 Å². The van der Waals surface area contributed by atoms with E-state index in [4.69, 9.17) is 4.74 Å². The fourth-order valence-electron chi connectivity index (χ4n) is 4.46. The second kappa shape index (κ2) is 10.6. The van der Waals surface area contributed by atoms with E-state index in [9.17, 15) is 9.59 Å². The lowest BCUT2D eigenvalue weighted by Gasteiger charge is -2.15. The number of benzene rings is 3. The molecule has 10 heteroatoms. The number of ether oxygens (including phenoxy) is 2. The zero-order chi connectivity index (χ0) is 25.8. The zero-order valence-corrected chi connectivity index (χ0v) is 20.5. The second-order valence-corrected chi connectivity index (χ2v) is 8.62. The van der Waals surface area contributed by atoms with E-state index in [1.54, 1.807) is 0 Å². The molecule has 5 aromatic rings. The highest BCUT2D eigenvalue weighted by Gasteiger charge is 2.22. The molecule has 0 spiro atoms. The summed E-state index contributed by atoms with van der Waals surface area (Å²) in [7, 11) is 2.59. The van der Waals surface area contributed by atoms with Gasteiger partial charge >= 0.3 is 11.9 Å². The van der Waals surface area contributed by atoms with Gasteiger partial charge in [-0.3, -0.25) is 14.9 Å². The molecule has 0 fully saturated rings. The first kappa shape index (κ1) is 24.1. The van der Waals surface area contributed by atoms with Crippen molar-refractivity contribution >= 4 is 33.7 Å². The maximum atomic E-state index is 12.0. The quantitative estimate of drug-likeness (QED) is 0.297. The molecule has 0 aliphatic carbocycles. The molecule has 10 nitrogen and oxygen atoms in total. The molecule has 0 saturated carbocycles. The number of rotatable bonds is 9.